The molecule has 4 aromatic rings. The second kappa shape index (κ2) is 5.23. The summed E-state index contributed by atoms with van der Waals surface area (Å²) in [5, 5.41) is 2.52. The van der Waals surface area contributed by atoms with Crippen molar-refractivity contribution in [2.75, 3.05) is 5.73 Å². The number of nitrogen functional groups attached to an aromatic ring is 1. The standard InChI is InChI=1S/C20H18N2/c21-16-10-11-20-18(14-16)17-8-4-5-9-19(17)22(20)13-12-15-6-2-1-3-7-15/h1-11,14H,12-13,21H2. The van der Waals surface area contributed by atoms with Crippen LogP contribution >= 0.6 is 0 Å². The zero-order valence-corrected chi connectivity index (χ0v) is 12.4. The van der Waals surface area contributed by atoms with Crippen LogP contribution in [-0.4, -0.2) is 4.57 Å². The van der Waals surface area contributed by atoms with Crippen LogP contribution in [0.4, 0.5) is 5.69 Å². The lowest BCUT2D eigenvalue weighted by Gasteiger charge is -2.08. The monoisotopic (exact) mass is 286 g/mol. The van der Waals surface area contributed by atoms with Gasteiger partial charge < -0.3 is 10.3 Å². The SMILES string of the molecule is Nc1ccc2c(c1)c1ccccc1n2CCc1ccccc1. The molecule has 0 saturated carbocycles. The zero-order chi connectivity index (χ0) is 14.9. The predicted octanol–water partition coefficient (Wildman–Crippen LogP) is 4.62. The van der Waals surface area contributed by atoms with Gasteiger partial charge in [0.15, 0.2) is 0 Å². The number of fused-ring (bicyclic) bond motifs is 3. The van der Waals surface area contributed by atoms with Crippen molar-refractivity contribution < 1.29 is 0 Å². The number of nitrogens with two attached hydrogens (primary N) is 1. The molecule has 1 aromatic heterocycles. The van der Waals surface area contributed by atoms with E-state index < -0.39 is 0 Å². The minimum atomic E-state index is 0.818. The molecular formula is C20H18N2. The zero-order valence-electron chi connectivity index (χ0n) is 12.4. The Labute approximate surface area is 129 Å². The van der Waals surface area contributed by atoms with E-state index in [1.54, 1.807) is 0 Å². The Hall–Kier alpha value is -2.74. The summed E-state index contributed by atoms with van der Waals surface area (Å²) in [6.45, 7) is 0.970. The van der Waals surface area contributed by atoms with Crippen molar-refractivity contribution in [3.8, 4) is 0 Å². The van der Waals surface area contributed by atoms with Crippen LogP contribution in [0.25, 0.3) is 21.8 Å². The van der Waals surface area contributed by atoms with Gasteiger partial charge in [-0.25, -0.2) is 0 Å². The molecule has 0 aliphatic heterocycles. The topological polar surface area (TPSA) is 30.9 Å². The number of benzene rings is 3. The molecule has 0 radical (unpaired) electrons. The van der Waals surface area contributed by atoms with E-state index in [1.807, 2.05) is 6.07 Å². The van der Waals surface area contributed by atoms with Crippen molar-refractivity contribution in [2.45, 2.75) is 13.0 Å². The Balaban J connectivity index is 1.84. The summed E-state index contributed by atoms with van der Waals surface area (Å²) in [5.41, 5.74) is 10.7. The third kappa shape index (κ3) is 2.13. The Morgan fingerprint density at radius 1 is 0.727 bits per heavy atom. The highest BCUT2D eigenvalue weighted by atomic mass is 15.0. The minimum absolute atomic E-state index is 0.818. The number of anilines is 1. The number of aromatic nitrogens is 1. The van der Waals surface area contributed by atoms with Crippen LogP contribution in [0.2, 0.25) is 0 Å². The summed E-state index contributed by atoms with van der Waals surface area (Å²) in [5.74, 6) is 0. The van der Waals surface area contributed by atoms with E-state index in [2.05, 4.69) is 71.3 Å². The Morgan fingerprint density at radius 3 is 2.32 bits per heavy atom. The van der Waals surface area contributed by atoms with Crippen LogP contribution in [0.3, 0.4) is 0 Å². The van der Waals surface area contributed by atoms with Gasteiger partial charge in [-0.2, -0.15) is 0 Å². The molecule has 0 bridgehead atoms. The summed E-state index contributed by atoms with van der Waals surface area (Å²) in [6, 6.07) is 25.4. The fourth-order valence-corrected chi connectivity index (χ4v) is 3.20. The van der Waals surface area contributed by atoms with Gasteiger partial charge >= 0.3 is 0 Å². The van der Waals surface area contributed by atoms with Crippen molar-refractivity contribution in [1.29, 1.82) is 0 Å². The van der Waals surface area contributed by atoms with Gasteiger partial charge in [-0.3, -0.25) is 0 Å². The summed E-state index contributed by atoms with van der Waals surface area (Å²) < 4.78 is 2.40. The van der Waals surface area contributed by atoms with Gasteiger partial charge in [-0.1, -0.05) is 48.5 Å². The fraction of sp³-hybridized carbons (Fsp3) is 0.100. The van der Waals surface area contributed by atoms with Crippen molar-refractivity contribution >= 4 is 27.5 Å². The normalized spacial score (nSPS) is 11.3. The number of rotatable bonds is 3. The van der Waals surface area contributed by atoms with Crippen LogP contribution in [0.1, 0.15) is 5.56 Å². The van der Waals surface area contributed by atoms with Crippen molar-refractivity contribution in [3.05, 3.63) is 78.4 Å². The summed E-state index contributed by atoms with van der Waals surface area (Å²) in [7, 11) is 0. The molecule has 0 atom stereocenters. The molecule has 2 nitrogen and oxygen atoms in total. The third-order valence-corrected chi connectivity index (χ3v) is 4.26. The molecule has 0 spiro atoms. The van der Waals surface area contributed by atoms with E-state index >= 15 is 0 Å². The fourth-order valence-electron chi connectivity index (χ4n) is 3.20. The van der Waals surface area contributed by atoms with Gasteiger partial charge in [0.05, 0.1) is 0 Å². The van der Waals surface area contributed by atoms with Crippen molar-refractivity contribution in [1.82, 2.24) is 4.57 Å². The molecule has 0 fully saturated rings. The number of hydrogen-bond acceptors (Lipinski definition) is 1. The minimum Gasteiger partial charge on any atom is -0.399 e. The molecule has 0 saturated heterocycles. The number of para-hydroxylation sites is 1. The average molecular weight is 286 g/mol. The van der Waals surface area contributed by atoms with E-state index in [0.717, 1.165) is 18.7 Å². The average Bonchev–Trinajstić information content (AvgIpc) is 2.87. The van der Waals surface area contributed by atoms with E-state index in [0.29, 0.717) is 0 Å². The molecule has 4 rings (SSSR count). The molecule has 2 heteroatoms. The molecule has 22 heavy (non-hydrogen) atoms. The lowest BCUT2D eigenvalue weighted by molar-refractivity contribution is 0.745. The van der Waals surface area contributed by atoms with E-state index in [-0.39, 0.29) is 0 Å². The first kappa shape index (κ1) is 13.0. The molecule has 3 aromatic carbocycles. The Kier molecular flexibility index (Phi) is 3.08. The van der Waals surface area contributed by atoms with E-state index in [9.17, 15) is 0 Å². The Bertz CT molecular complexity index is 936. The molecular weight excluding hydrogens is 268 g/mol. The first-order valence-electron chi connectivity index (χ1n) is 7.63. The highest BCUT2D eigenvalue weighted by molar-refractivity contribution is 6.08. The lowest BCUT2D eigenvalue weighted by Crippen LogP contribution is -2.01. The van der Waals surface area contributed by atoms with Crippen LogP contribution in [0, 0.1) is 0 Å². The van der Waals surface area contributed by atoms with Gasteiger partial charge in [-0.05, 0) is 36.2 Å². The maximum absolute atomic E-state index is 5.98. The van der Waals surface area contributed by atoms with E-state index in [1.165, 1.54) is 27.4 Å². The maximum atomic E-state index is 5.98. The third-order valence-electron chi connectivity index (χ3n) is 4.26. The van der Waals surface area contributed by atoms with Gasteiger partial charge in [0.2, 0.25) is 0 Å². The molecule has 2 N–H and O–H groups in total. The van der Waals surface area contributed by atoms with Gasteiger partial charge in [0.1, 0.15) is 0 Å². The molecule has 1 heterocycles. The van der Waals surface area contributed by atoms with Crippen molar-refractivity contribution in [3.63, 3.8) is 0 Å². The molecule has 0 amide bonds. The Morgan fingerprint density at radius 2 is 1.45 bits per heavy atom. The summed E-state index contributed by atoms with van der Waals surface area (Å²) in [6.07, 6.45) is 1.03. The first-order chi connectivity index (χ1) is 10.8. The highest BCUT2D eigenvalue weighted by Gasteiger charge is 2.10. The van der Waals surface area contributed by atoms with Crippen LogP contribution < -0.4 is 5.73 Å². The molecule has 108 valence electrons. The van der Waals surface area contributed by atoms with Crippen LogP contribution in [0.5, 0.6) is 0 Å². The van der Waals surface area contributed by atoms with Gasteiger partial charge in [-0.15, -0.1) is 0 Å². The highest BCUT2D eigenvalue weighted by Crippen LogP contribution is 2.30. The molecule has 0 aliphatic carbocycles. The number of aryl methyl sites for hydroxylation is 2. The lowest BCUT2D eigenvalue weighted by atomic mass is 10.1. The van der Waals surface area contributed by atoms with Crippen LogP contribution in [0.15, 0.2) is 72.8 Å². The second-order valence-electron chi connectivity index (χ2n) is 5.68. The van der Waals surface area contributed by atoms with E-state index in [4.69, 9.17) is 5.73 Å². The first-order valence-corrected chi connectivity index (χ1v) is 7.63. The maximum Gasteiger partial charge on any atom is 0.0492 e. The predicted molar refractivity (Wildman–Crippen MR) is 94.0 cm³/mol. The quantitative estimate of drug-likeness (QED) is 0.547. The van der Waals surface area contributed by atoms with Gasteiger partial charge in [0, 0.05) is 34.0 Å². The number of nitrogens with zero attached hydrogens (tertiary/aromatic N) is 1. The summed E-state index contributed by atoms with van der Waals surface area (Å²) in [4.78, 5) is 0. The largest absolute Gasteiger partial charge is 0.399 e. The summed E-state index contributed by atoms with van der Waals surface area (Å²) >= 11 is 0. The molecule has 0 unspecified atom stereocenters. The smallest absolute Gasteiger partial charge is 0.0492 e. The number of hydrogen-bond donors (Lipinski definition) is 1. The molecule has 0 aliphatic rings. The van der Waals surface area contributed by atoms with Crippen molar-refractivity contribution in [2.24, 2.45) is 0 Å². The van der Waals surface area contributed by atoms with Crippen LogP contribution in [-0.2, 0) is 13.0 Å². The second-order valence-corrected chi connectivity index (χ2v) is 5.68. The van der Waals surface area contributed by atoms with Gasteiger partial charge in [0.25, 0.3) is 0 Å².